The van der Waals surface area contributed by atoms with E-state index in [4.69, 9.17) is 15.2 Å². The van der Waals surface area contributed by atoms with E-state index in [0.717, 1.165) is 25.4 Å². The maximum atomic E-state index is 5.76. The molecule has 19 heavy (non-hydrogen) atoms. The van der Waals surface area contributed by atoms with Crippen molar-refractivity contribution >= 4 is 11.6 Å². The molecule has 1 aliphatic carbocycles. The number of anilines is 2. The van der Waals surface area contributed by atoms with Gasteiger partial charge in [0.2, 0.25) is 0 Å². The average molecular weight is 266 g/mol. The zero-order valence-electron chi connectivity index (χ0n) is 11.6. The van der Waals surface area contributed by atoms with Crippen molar-refractivity contribution in [2.75, 3.05) is 38.4 Å². The van der Waals surface area contributed by atoms with Crippen LogP contribution in [0.2, 0.25) is 0 Å². The molecule has 1 saturated carbocycles. The van der Waals surface area contributed by atoms with Gasteiger partial charge in [0.1, 0.15) is 18.2 Å². The quantitative estimate of drug-likeness (QED) is 0.740. The number of nitrogen functional groups attached to an aromatic ring is 1. The molecule has 1 heterocycles. The number of aromatic nitrogens is 2. The van der Waals surface area contributed by atoms with E-state index in [2.05, 4.69) is 15.3 Å². The first kappa shape index (κ1) is 14.0. The van der Waals surface area contributed by atoms with Gasteiger partial charge in [-0.25, -0.2) is 9.97 Å². The van der Waals surface area contributed by atoms with E-state index in [-0.39, 0.29) is 0 Å². The zero-order chi connectivity index (χ0) is 13.7. The zero-order valence-corrected chi connectivity index (χ0v) is 11.6. The molecule has 0 unspecified atom stereocenters. The standard InChI is InChI=1S/C13H22N4O2/c1-18-6-5-13(3-4-13)9-15-11-7-10(14)16-12(17-11)8-19-2/h7H,3-6,8-9H2,1-2H3,(H3,14,15,16,17). The van der Waals surface area contributed by atoms with Crippen molar-refractivity contribution in [2.24, 2.45) is 5.41 Å². The van der Waals surface area contributed by atoms with E-state index in [1.54, 1.807) is 20.3 Å². The van der Waals surface area contributed by atoms with Crippen LogP contribution in [0.1, 0.15) is 25.1 Å². The SMILES string of the molecule is COCCC1(CNc2cc(N)nc(COC)n2)CC1. The number of ether oxygens (including phenoxy) is 2. The van der Waals surface area contributed by atoms with Crippen molar-refractivity contribution in [2.45, 2.75) is 25.9 Å². The molecule has 1 aliphatic rings. The molecule has 6 nitrogen and oxygen atoms in total. The fourth-order valence-corrected chi connectivity index (χ4v) is 2.09. The van der Waals surface area contributed by atoms with Crippen molar-refractivity contribution < 1.29 is 9.47 Å². The van der Waals surface area contributed by atoms with Crippen molar-refractivity contribution in [1.29, 1.82) is 0 Å². The fraction of sp³-hybridized carbons (Fsp3) is 0.692. The lowest BCUT2D eigenvalue weighted by Gasteiger charge is -2.16. The Kier molecular flexibility index (Phi) is 4.55. The maximum Gasteiger partial charge on any atom is 0.158 e. The summed E-state index contributed by atoms with van der Waals surface area (Å²) in [6.45, 7) is 2.08. The number of hydrogen-bond acceptors (Lipinski definition) is 6. The molecular weight excluding hydrogens is 244 g/mol. The molecule has 0 radical (unpaired) electrons. The van der Waals surface area contributed by atoms with Crippen molar-refractivity contribution in [3.63, 3.8) is 0 Å². The van der Waals surface area contributed by atoms with Gasteiger partial charge in [-0.15, -0.1) is 0 Å². The third kappa shape index (κ3) is 4.04. The first-order valence-corrected chi connectivity index (χ1v) is 6.53. The third-order valence-electron chi connectivity index (χ3n) is 3.50. The Balaban J connectivity index is 1.92. The van der Waals surface area contributed by atoms with Gasteiger partial charge >= 0.3 is 0 Å². The van der Waals surface area contributed by atoms with Gasteiger partial charge < -0.3 is 20.5 Å². The van der Waals surface area contributed by atoms with E-state index >= 15 is 0 Å². The summed E-state index contributed by atoms with van der Waals surface area (Å²) in [5, 5.41) is 3.35. The highest BCUT2D eigenvalue weighted by Crippen LogP contribution is 2.48. The predicted molar refractivity (Wildman–Crippen MR) is 73.8 cm³/mol. The van der Waals surface area contributed by atoms with E-state index in [0.29, 0.717) is 23.7 Å². The van der Waals surface area contributed by atoms with Crippen molar-refractivity contribution in [3.8, 4) is 0 Å². The second kappa shape index (κ2) is 6.16. The molecule has 1 aromatic rings. The smallest absolute Gasteiger partial charge is 0.158 e. The highest BCUT2D eigenvalue weighted by Gasteiger charge is 2.41. The van der Waals surface area contributed by atoms with Crippen LogP contribution in [0.3, 0.4) is 0 Å². The van der Waals surface area contributed by atoms with Crippen LogP contribution in [0.15, 0.2) is 6.07 Å². The number of nitrogens with zero attached hydrogens (tertiary/aromatic N) is 2. The Morgan fingerprint density at radius 3 is 2.74 bits per heavy atom. The minimum atomic E-state index is 0.370. The molecule has 0 aromatic carbocycles. The maximum absolute atomic E-state index is 5.76. The molecule has 6 heteroatoms. The van der Waals surface area contributed by atoms with Gasteiger partial charge in [0.15, 0.2) is 5.82 Å². The Bertz CT molecular complexity index is 421. The topological polar surface area (TPSA) is 82.3 Å². The molecule has 106 valence electrons. The van der Waals surface area contributed by atoms with E-state index in [9.17, 15) is 0 Å². The Labute approximate surface area is 113 Å². The fourth-order valence-electron chi connectivity index (χ4n) is 2.09. The molecule has 0 amide bonds. The number of methoxy groups -OCH3 is 2. The second-order valence-electron chi connectivity index (χ2n) is 5.12. The highest BCUT2D eigenvalue weighted by molar-refractivity contribution is 5.44. The molecule has 3 N–H and O–H groups in total. The highest BCUT2D eigenvalue weighted by atomic mass is 16.5. The molecule has 0 spiro atoms. The second-order valence-corrected chi connectivity index (χ2v) is 5.12. The largest absolute Gasteiger partial charge is 0.385 e. The van der Waals surface area contributed by atoms with Gasteiger partial charge in [-0.2, -0.15) is 0 Å². The summed E-state index contributed by atoms with van der Waals surface area (Å²) in [6.07, 6.45) is 3.58. The molecule has 0 bridgehead atoms. The van der Waals surface area contributed by atoms with Crippen LogP contribution in [0.25, 0.3) is 0 Å². The number of hydrogen-bond donors (Lipinski definition) is 2. The van der Waals surface area contributed by atoms with Gasteiger partial charge in [0.25, 0.3) is 0 Å². The first-order valence-electron chi connectivity index (χ1n) is 6.53. The van der Waals surface area contributed by atoms with E-state index in [1.807, 2.05) is 0 Å². The van der Waals surface area contributed by atoms with Gasteiger partial charge in [-0.1, -0.05) is 0 Å². The summed E-state index contributed by atoms with van der Waals surface area (Å²) in [5.74, 6) is 1.83. The minimum absolute atomic E-state index is 0.370. The van der Waals surface area contributed by atoms with Crippen LogP contribution in [-0.2, 0) is 16.1 Å². The van der Waals surface area contributed by atoms with Crippen LogP contribution >= 0.6 is 0 Å². The molecular formula is C13H22N4O2. The number of nitrogens with two attached hydrogens (primary N) is 1. The first-order chi connectivity index (χ1) is 9.17. The lowest BCUT2D eigenvalue weighted by atomic mass is 10.0. The number of nitrogens with one attached hydrogen (secondary N) is 1. The normalized spacial score (nSPS) is 16.3. The molecule has 1 fully saturated rings. The van der Waals surface area contributed by atoms with Crippen LogP contribution in [-0.4, -0.2) is 37.3 Å². The summed E-state index contributed by atoms with van der Waals surface area (Å²) in [6, 6.07) is 1.76. The third-order valence-corrected chi connectivity index (χ3v) is 3.50. The molecule has 1 aromatic heterocycles. The summed E-state index contributed by atoms with van der Waals surface area (Å²) in [4.78, 5) is 8.49. The lowest BCUT2D eigenvalue weighted by Crippen LogP contribution is -2.18. The van der Waals surface area contributed by atoms with Crippen LogP contribution in [0.4, 0.5) is 11.6 Å². The summed E-state index contributed by atoms with van der Waals surface area (Å²) < 4.78 is 10.2. The van der Waals surface area contributed by atoms with E-state index < -0.39 is 0 Å². The van der Waals surface area contributed by atoms with Crippen molar-refractivity contribution in [3.05, 3.63) is 11.9 Å². The van der Waals surface area contributed by atoms with Crippen LogP contribution in [0.5, 0.6) is 0 Å². The Hall–Kier alpha value is -1.40. The summed E-state index contributed by atoms with van der Waals surface area (Å²) >= 11 is 0. The van der Waals surface area contributed by atoms with E-state index in [1.165, 1.54) is 12.8 Å². The lowest BCUT2D eigenvalue weighted by molar-refractivity contribution is 0.174. The summed E-state index contributed by atoms with van der Waals surface area (Å²) in [5.41, 5.74) is 6.13. The predicted octanol–water partition coefficient (Wildman–Crippen LogP) is 1.43. The number of rotatable bonds is 8. The Morgan fingerprint density at radius 1 is 1.32 bits per heavy atom. The van der Waals surface area contributed by atoms with Crippen LogP contribution < -0.4 is 11.1 Å². The van der Waals surface area contributed by atoms with Gasteiger partial charge in [0, 0.05) is 33.4 Å². The van der Waals surface area contributed by atoms with Crippen LogP contribution in [0, 0.1) is 5.41 Å². The molecule has 0 aliphatic heterocycles. The summed E-state index contributed by atoms with van der Waals surface area (Å²) in [7, 11) is 3.36. The molecule has 0 atom stereocenters. The van der Waals surface area contributed by atoms with Gasteiger partial charge in [-0.05, 0) is 24.7 Å². The Morgan fingerprint density at radius 2 is 2.11 bits per heavy atom. The van der Waals surface area contributed by atoms with Gasteiger partial charge in [-0.3, -0.25) is 0 Å². The monoisotopic (exact) mass is 266 g/mol. The minimum Gasteiger partial charge on any atom is -0.385 e. The molecule has 2 rings (SSSR count). The average Bonchev–Trinajstić information content (AvgIpc) is 3.15. The van der Waals surface area contributed by atoms with Crippen molar-refractivity contribution in [1.82, 2.24) is 9.97 Å². The molecule has 0 saturated heterocycles. The van der Waals surface area contributed by atoms with Gasteiger partial charge in [0.05, 0.1) is 0 Å².